The Hall–Kier alpha value is -1.71. The second kappa shape index (κ2) is 6.64. The molecule has 0 fully saturated rings. The molecule has 0 bridgehead atoms. The van der Waals surface area contributed by atoms with Gasteiger partial charge in [-0.2, -0.15) is 0 Å². The van der Waals surface area contributed by atoms with Crippen LogP contribution >= 0.6 is 23.2 Å². The Bertz CT molecular complexity index is 609. The molecule has 0 N–H and O–H groups in total. The van der Waals surface area contributed by atoms with Crippen LogP contribution in [0.4, 0.5) is 0 Å². The molecule has 0 saturated heterocycles. The van der Waals surface area contributed by atoms with Gasteiger partial charge in [0.05, 0.1) is 0 Å². The second-order valence-electron chi connectivity index (χ2n) is 4.13. The lowest BCUT2D eigenvalue weighted by Crippen LogP contribution is -2.17. The fourth-order valence-electron chi connectivity index (χ4n) is 1.51. The molecule has 0 aliphatic rings. The van der Waals surface area contributed by atoms with Gasteiger partial charge in [0.1, 0.15) is 11.5 Å². The van der Waals surface area contributed by atoms with Crippen molar-refractivity contribution in [3.05, 3.63) is 58.1 Å². The van der Waals surface area contributed by atoms with E-state index < -0.39 is 5.97 Å². The predicted octanol–water partition coefficient (Wildman–Crippen LogP) is 4.29. The molecule has 5 heteroatoms. The fraction of sp³-hybridized carbons (Fsp3) is 0.133. The summed E-state index contributed by atoms with van der Waals surface area (Å²) in [5.41, 5.74) is 0.843. The molecule has 0 heterocycles. The molecule has 20 heavy (non-hydrogen) atoms. The number of carbonyl (C=O) groups excluding carboxylic acids is 1. The largest absolute Gasteiger partial charge is 0.482 e. The summed E-state index contributed by atoms with van der Waals surface area (Å²) in [6.07, 6.45) is 0. The molecule has 0 amide bonds. The third-order valence-electron chi connectivity index (χ3n) is 2.53. The highest BCUT2D eigenvalue weighted by Gasteiger charge is 2.07. The van der Waals surface area contributed by atoms with Crippen molar-refractivity contribution in [2.75, 3.05) is 6.61 Å². The number of esters is 1. The second-order valence-corrected chi connectivity index (χ2v) is 4.97. The zero-order valence-electron chi connectivity index (χ0n) is 10.7. The highest BCUT2D eigenvalue weighted by molar-refractivity contribution is 6.31. The van der Waals surface area contributed by atoms with Gasteiger partial charge in [0.15, 0.2) is 6.61 Å². The van der Waals surface area contributed by atoms with E-state index in [2.05, 4.69) is 0 Å². The van der Waals surface area contributed by atoms with Crippen LogP contribution in [0.5, 0.6) is 11.5 Å². The molecule has 3 nitrogen and oxygen atoms in total. The van der Waals surface area contributed by atoms with Crippen LogP contribution in [-0.2, 0) is 4.79 Å². The zero-order chi connectivity index (χ0) is 14.5. The Morgan fingerprint density at radius 3 is 2.35 bits per heavy atom. The van der Waals surface area contributed by atoms with Crippen LogP contribution in [0, 0.1) is 6.92 Å². The number of rotatable bonds is 4. The van der Waals surface area contributed by atoms with E-state index in [9.17, 15) is 4.79 Å². The van der Waals surface area contributed by atoms with Crippen molar-refractivity contribution in [3.63, 3.8) is 0 Å². The monoisotopic (exact) mass is 310 g/mol. The number of hydrogen-bond acceptors (Lipinski definition) is 3. The number of carbonyl (C=O) groups is 1. The summed E-state index contributed by atoms with van der Waals surface area (Å²) in [5, 5.41) is 1.23. The summed E-state index contributed by atoms with van der Waals surface area (Å²) in [4.78, 5) is 11.6. The van der Waals surface area contributed by atoms with Crippen molar-refractivity contribution in [2.45, 2.75) is 6.92 Å². The van der Waals surface area contributed by atoms with E-state index in [-0.39, 0.29) is 6.61 Å². The van der Waals surface area contributed by atoms with Crippen LogP contribution in [0.2, 0.25) is 10.0 Å². The average molecular weight is 311 g/mol. The summed E-state index contributed by atoms with van der Waals surface area (Å²) in [6, 6.07) is 11.7. The van der Waals surface area contributed by atoms with Crippen LogP contribution < -0.4 is 9.47 Å². The Labute approximate surface area is 127 Å². The highest BCUT2D eigenvalue weighted by Crippen LogP contribution is 2.21. The first kappa shape index (κ1) is 14.7. The topological polar surface area (TPSA) is 35.5 Å². The minimum atomic E-state index is -0.485. The molecule has 2 aromatic carbocycles. The molecule has 0 aromatic heterocycles. The molecule has 0 saturated carbocycles. The average Bonchev–Trinajstić information content (AvgIpc) is 2.42. The van der Waals surface area contributed by atoms with Crippen molar-refractivity contribution in [1.29, 1.82) is 0 Å². The lowest BCUT2D eigenvalue weighted by molar-refractivity contribution is -0.136. The number of halogens is 2. The normalized spacial score (nSPS) is 10.2. The molecule has 0 unspecified atom stereocenters. The van der Waals surface area contributed by atoms with Crippen LogP contribution in [0.25, 0.3) is 0 Å². The number of hydrogen-bond donors (Lipinski definition) is 0. The van der Waals surface area contributed by atoms with E-state index >= 15 is 0 Å². The van der Waals surface area contributed by atoms with Gasteiger partial charge in [-0.3, -0.25) is 0 Å². The molecule has 2 aromatic rings. The molecular weight excluding hydrogens is 299 g/mol. The molecule has 0 radical (unpaired) electrons. The Balaban J connectivity index is 1.89. The standard InChI is InChI=1S/C15H12Cl2O3/c1-10-8-13(6-7-14(10)17)20-15(18)9-19-12-4-2-11(16)3-5-12/h2-8H,9H2,1H3. The zero-order valence-corrected chi connectivity index (χ0v) is 12.2. The van der Waals surface area contributed by atoms with Gasteiger partial charge in [-0.25, -0.2) is 4.79 Å². The SMILES string of the molecule is Cc1cc(OC(=O)COc2ccc(Cl)cc2)ccc1Cl. The first-order chi connectivity index (χ1) is 9.54. The minimum Gasteiger partial charge on any atom is -0.482 e. The van der Waals surface area contributed by atoms with Gasteiger partial charge < -0.3 is 9.47 Å². The van der Waals surface area contributed by atoms with Gasteiger partial charge in [0.25, 0.3) is 0 Å². The third-order valence-corrected chi connectivity index (χ3v) is 3.21. The van der Waals surface area contributed by atoms with Crippen LogP contribution in [0.3, 0.4) is 0 Å². The van der Waals surface area contributed by atoms with E-state index in [1.54, 1.807) is 42.5 Å². The molecule has 0 aliphatic carbocycles. The molecule has 0 atom stereocenters. The van der Waals surface area contributed by atoms with E-state index in [0.29, 0.717) is 21.5 Å². The van der Waals surface area contributed by atoms with Crippen LogP contribution in [0.1, 0.15) is 5.56 Å². The maximum Gasteiger partial charge on any atom is 0.349 e. The van der Waals surface area contributed by atoms with Gasteiger partial charge in [-0.05, 0) is 55.0 Å². The number of ether oxygens (including phenoxy) is 2. The predicted molar refractivity (Wildman–Crippen MR) is 78.8 cm³/mol. The smallest absolute Gasteiger partial charge is 0.349 e. The van der Waals surface area contributed by atoms with Gasteiger partial charge in [0.2, 0.25) is 0 Å². The summed E-state index contributed by atoms with van der Waals surface area (Å²) in [6.45, 7) is 1.66. The van der Waals surface area contributed by atoms with Crippen molar-refractivity contribution in [1.82, 2.24) is 0 Å². The molecule has 104 valence electrons. The van der Waals surface area contributed by atoms with E-state index in [1.165, 1.54) is 0 Å². The van der Waals surface area contributed by atoms with Crippen LogP contribution in [0.15, 0.2) is 42.5 Å². The first-order valence-corrected chi connectivity index (χ1v) is 6.65. The fourth-order valence-corrected chi connectivity index (χ4v) is 1.76. The Morgan fingerprint density at radius 2 is 1.70 bits per heavy atom. The van der Waals surface area contributed by atoms with Crippen molar-refractivity contribution >= 4 is 29.2 Å². The molecule has 2 rings (SSSR count). The number of benzene rings is 2. The Morgan fingerprint density at radius 1 is 1.05 bits per heavy atom. The van der Waals surface area contributed by atoms with Crippen LogP contribution in [-0.4, -0.2) is 12.6 Å². The summed E-state index contributed by atoms with van der Waals surface area (Å²) < 4.78 is 10.4. The lowest BCUT2D eigenvalue weighted by Gasteiger charge is -2.07. The molecule has 0 aliphatic heterocycles. The highest BCUT2D eigenvalue weighted by atomic mass is 35.5. The summed E-state index contributed by atoms with van der Waals surface area (Å²) >= 11 is 11.6. The van der Waals surface area contributed by atoms with E-state index in [4.69, 9.17) is 32.7 Å². The van der Waals surface area contributed by atoms with Crippen molar-refractivity contribution < 1.29 is 14.3 Å². The quantitative estimate of drug-likeness (QED) is 0.624. The Kier molecular flexibility index (Phi) is 4.88. The van der Waals surface area contributed by atoms with Gasteiger partial charge in [-0.15, -0.1) is 0 Å². The summed E-state index contributed by atoms with van der Waals surface area (Å²) in [5.74, 6) is 0.511. The van der Waals surface area contributed by atoms with Crippen molar-refractivity contribution in [3.8, 4) is 11.5 Å². The van der Waals surface area contributed by atoms with Gasteiger partial charge in [-0.1, -0.05) is 23.2 Å². The van der Waals surface area contributed by atoms with Gasteiger partial charge >= 0.3 is 5.97 Å². The van der Waals surface area contributed by atoms with E-state index in [1.807, 2.05) is 6.92 Å². The molecular formula is C15H12Cl2O3. The minimum absolute atomic E-state index is 0.177. The lowest BCUT2D eigenvalue weighted by atomic mass is 10.2. The van der Waals surface area contributed by atoms with Crippen molar-refractivity contribution in [2.24, 2.45) is 0 Å². The first-order valence-electron chi connectivity index (χ1n) is 5.90. The maximum atomic E-state index is 11.6. The van der Waals surface area contributed by atoms with E-state index in [0.717, 1.165) is 5.56 Å². The summed E-state index contributed by atoms with van der Waals surface area (Å²) in [7, 11) is 0. The molecule has 0 spiro atoms. The number of aryl methyl sites for hydroxylation is 1. The van der Waals surface area contributed by atoms with Gasteiger partial charge in [0, 0.05) is 10.0 Å². The maximum absolute atomic E-state index is 11.6. The third kappa shape index (κ3) is 4.15.